The Bertz CT molecular complexity index is 391. The van der Waals surface area contributed by atoms with E-state index in [9.17, 15) is 0 Å². The highest BCUT2D eigenvalue weighted by atomic mass is 16.5. The molecule has 18 heavy (non-hydrogen) atoms. The minimum atomic E-state index is 0.0294. The first-order valence-corrected chi connectivity index (χ1v) is 6.33. The Morgan fingerprint density at radius 2 is 2.06 bits per heavy atom. The number of likely N-dealkylation sites (N-methyl/N-ethyl adjacent to an activating group) is 1. The van der Waals surface area contributed by atoms with Gasteiger partial charge >= 0.3 is 0 Å². The van der Waals surface area contributed by atoms with E-state index in [-0.39, 0.29) is 5.60 Å². The van der Waals surface area contributed by atoms with Crippen LogP contribution in [0.25, 0.3) is 0 Å². The summed E-state index contributed by atoms with van der Waals surface area (Å²) in [5.41, 5.74) is 1.13. The molecule has 0 saturated carbocycles. The third kappa shape index (κ3) is 2.94. The molecule has 0 bridgehead atoms. The number of nitrogens with zero attached hydrogens (tertiary/aromatic N) is 1. The van der Waals surface area contributed by atoms with Crippen molar-refractivity contribution in [2.24, 2.45) is 0 Å². The van der Waals surface area contributed by atoms with Crippen molar-refractivity contribution in [3.05, 3.63) is 24.3 Å². The summed E-state index contributed by atoms with van der Waals surface area (Å²) < 4.78 is 11.2. The van der Waals surface area contributed by atoms with Crippen molar-refractivity contribution in [3.63, 3.8) is 0 Å². The van der Waals surface area contributed by atoms with Crippen molar-refractivity contribution in [1.82, 2.24) is 5.32 Å². The van der Waals surface area contributed by atoms with E-state index in [2.05, 4.69) is 30.3 Å². The van der Waals surface area contributed by atoms with Gasteiger partial charge < -0.3 is 19.7 Å². The van der Waals surface area contributed by atoms with Gasteiger partial charge in [-0.2, -0.15) is 0 Å². The highest BCUT2D eigenvalue weighted by Gasteiger charge is 2.32. The molecule has 0 aromatic heterocycles. The van der Waals surface area contributed by atoms with Crippen LogP contribution < -0.4 is 15.0 Å². The first-order valence-electron chi connectivity index (χ1n) is 6.33. The number of methoxy groups -OCH3 is 1. The van der Waals surface area contributed by atoms with Gasteiger partial charge in [-0.3, -0.25) is 0 Å². The molecule has 1 aliphatic rings. The van der Waals surface area contributed by atoms with Crippen LogP contribution in [0.3, 0.4) is 0 Å². The van der Waals surface area contributed by atoms with Crippen LogP contribution in [-0.4, -0.2) is 46.0 Å². The maximum atomic E-state index is 5.89. The van der Waals surface area contributed by atoms with E-state index in [1.165, 1.54) is 0 Å². The zero-order chi connectivity index (χ0) is 13.0. The lowest BCUT2D eigenvalue weighted by Crippen LogP contribution is -2.59. The summed E-state index contributed by atoms with van der Waals surface area (Å²) in [6.07, 6.45) is 0. The van der Waals surface area contributed by atoms with Crippen LogP contribution in [0.2, 0.25) is 0 Å². The molecule has 1 fully saturated rings. The quantitative estimate of drug-likeness (QED) is 0.830. The number of nitrogens with one attached hydrogen (secondary N) is 1. The summed E-state index contributed by atoms with van der Waals surface area (Å²) in [6, 6.07) is 8.04. The largest absolute Gasteiger partial charge is 0.495 e. The molecule has 4 nitrogen and oxygen atoms in total. The van der Waals surface area contributed by atoms with Crippen molar-refractivity contribution >= 4 is 5.69 Å². The maximum absolute atomic E-state index is 5.89. The van der Waals surface area contributed by atoms with Crippen LogP contribution in [0, 0.1) is 0 Å². The maximum Gasteiger partial charge on any atom is 0.142 e. The van der Waals surface area contributed by atoms with Gasteiger partial charge in [-0.05, 0) is 19.1 Å². The van der Waals surface area contributed by atoms with Crippen molar-refractivity contribution in [2.75, 3.05) is 45.3 Å². The van der Waals surface area contributed by atoms with Crippen molar-refractivity contribution in [1.29, 1.82) is 0 Å². The number of anilines is 1. The minimum absolute atomic E-state index is 0.0294. The van der Waals surface area contributed by atoms with Crippen molar-refractivity contribution in [2.45, 2.75) is 12.5 Å². The van der Waals surface area contributed by atoms with Crippen LogP contribution >= 0.6 is 0 Å². The van der Waals surface area contributed by atoms with Crippen LogP contribution in [0.1, 0.15) is 6.92 Å². The molecule has 4 heteroatoms. The van der Waals surface area contributed by atoms with E-state index >= 15 is 0 Å². The zero-order valence-electron chi connectivity index (χ0n) is 11.4. The van der Waals surface area contributed by atoms with Gasteiger partial charge in [-0.25, -0.2) is 0 Å². The molecular formula is C14H22N2O2. The van der Waals surface area contributed by atoms with Crippen LogP contribution in [0.15, 0.2) is 24.3 Å². The number of ether oxygens (including phenoxy) is 2. The van der Waals surface area contributed by atoms with Crippen LogP contribution in [0.4, 0.5) is 5.69 Å². The van der Waals surface area contributed by atoms with E-state index in [0.717, 1.165) is 37.7 Å². The van der Waals surface area contributed by atoms with E-state index < -0.39 is 0 Å². The minimum Gasteiger partial charge on any atom is -0.495 e. The second-order valence-electron chi connectivity index (χ2n) is 5.00. The highest BCUT2D eigenvalue weighted by Crippen LogP contribution is 2.26. The molecule has 1 saturated heterocycles. The van der Waals surface area contributed by atoms with Gasteiger partial charge in [-0.1, -0.05) is 12.1 Å². The molecule has 100 valence electrons. The van der Waals surface area contributed by atoms with Gasteiger partial charge in [0.1, 0.15) is 5.75 Å². The molecule has 1 aromatic rings. The molecule has 1 aromatic carbocycles. The van der Waals surface area contributed by atoms with Crippen molar-refractivity contribution < 1.29 is 9.47 Å². The van der Waals surface area contributed by atoms with Gasteiger partial charge in [0, 0.05) is 26.7 Å². The number of hydrogen-bond donors (Lipinski definition) is 1. The van der Waals surface area contributed by atoms with Gasteiger partial charge in [-0.15, -0.1) is 0 Å². The highest BCUT2D eigenvalue weighted by molar-refractivity contribution is 5.57. The molecule has 2 rings (SSSR count). The number of rotatable bonds is 6. The van der Waals surface area contributed by atoms with E-state index in [1.807, 2.05) is 18.2 Å². The summed E-state index contributed by atoms with van der Waals surface area (Å²) in [4.78, 5) is 2.16. The normalized spacial score (nSPS) is 17.1. The standard InChI is InChI=1S/C14H22N2O2/c1-14(10-15-11-14)18-9-8-16(2)12-6-4-5-7-13(12)17-3/h4-7,15H,8-11H2,1-3H3. The molecule has 1 N–H and O–H groups in total. The molecule has 1 heterocycles. The summed E-state index contributed by atoms with van der Waals surface area (Å²) in [6.45, 7) is 5.63. The molecule has 0 aliphatic carbocycles. The predicted octanol–water partition coefficient (Wildman–Crippen LogP) is 1.51. The Labute approximate surface area is 109 Å². The van der Waals surface area contributed by atoms with Gasteiger partial charge in [0.15, 0.2) is 0 Å². The van der Waals surface area contributed by atoms with Crippen LogP contribution in [-0.2, 0) is 4.74 Å². The molecule has 0 spiro atoms. The Kier molecular flexibility index (Phi) is 4.09. The molecule has 0 unspecified atom stereocenters. The van der Waals surface area contributed by atoms with Crippen molar-refractivity contribution in [3.8, 4) is 5.75 Å². The zero-order valence-corrected chi connectivity index (χ0v) is 11.4. The molecule has 0 atom stereocenters. The summed E-state index contributed by atoms with van der Waals surface area (Å²) in [5.74, 6) is 0.900. The Morgan fingerprint density at radius 1 is 1.33 bits per heavy atom. The van der Waals surface area contributed by atoms with E-state index in [1.54, 1.807) is 7.11 Å². The van der Waals surface area contributed by atoms with Gasteiger partial charge in [0.2, 0.25) is 0 Å². The fourth-order valence-corrected chi connectivity index (χ4v) is 2.07. The molecule has 1 aliphatic heterocycles. The number of hydrogen-bond acceptors (Lipinski definition) is 4. The van der Waals surface area contributed by atoms with E-state index in [0.29, 0.717) is 0 Å². The fourth-order valence-electron chi connectivity index (χ4n) is 2.07. The third-order valence-corrected chi connectivity index (χ3v) is 3.37. The average Bonchev–Trinajstić information content (AvgIpc) is 2.36. The summed E-state index contributed by atoms with van der Waals surface area (Å²) in [7, 11) is 3.76. The Morgan fingerprint density at radius 3 is 2.67 bits per heavy atom. The predicted molar refractivity (Wildman–Crippen MR) is 73.5 cm³/mol. The average molecular weight is 250 g/mol. The third-order valence-electron chi connectivity index (χ3n) is 3.37. The lowest BCUT2D eigenvalue weighted by molar-refractivity contribution is -0.0631. The first-order chi connectivity index (χ1) is 8.64. The summed E-state index contributed by atoms with van der Waals surface area (Å²) >= 11 is 0. The Balaban J connectivity index is 1.85. The Hall–Kier alpha value is -1.26. The number of benzene rings is 1. The first kappa shape index (κ1) is 13.2. The molecule has 0 amide bonds. The SMILES string of the molecule is COc1ccccc1N(C)CCOC1(C)CNC1. The lowest BCUT2D eigenvalue weighted by Gasteiger charge is -2.39. The number of para-hydroxylation sites is 2. The smallest absolute Gasteiger partial charge is 0.142 e. The summed E-state index contributed by atoms with van der Waals surface area (Å²) in [5, 5.41) is 3.23. The topological polar surface area (TPSA) is 33.7 Å². The monoisotopic (exact) mass is 250 g/mol. The van der Waals surface area contributed by atoms with Gasteiger partial charge in [0.25, 0.3) is 0 Å². The lowest BCUT2D eigenvalue weighted by atomic mass is 10.0. The van der Waals surface area contributed by atoms with Crippen LogP contribution in [0.5, 0.6) is 5.75 Å². The molecule has 0 radical (unpaired) electrons. The fraction of sp³-hybridized carbons (Fsp3) is 0.571. The van der Waals surface area contributed by atoms with Gasteiger partial charge in [0.05, 0.1) is 25.0 Å². The molecular weight excluding hydrogens is 228 g/mol. The van der Waals surface area contributed by atoms with E-state index in [4.69, 9.17) is 9.47 Å². The second-order valence-corrected chi connectivity index (χ2v) is 5.00. The second kappa shape index (κ2) is 5.59.